The van der Waals surface area contributed by atoms with Crippen LogP contribution in [0.5, 0.6) is 0 Å². The molecule has 0 aliphatic heterocycles. The molecule has 0 saturated heterocycles. The number of aromatic nitrogens is 2. The number of hydrogen-bond donors (Lipinski definition) is 1. The Morgan fingerprint density at radius 2 is 2.38 bits per heavy atom. The number of halogens is 1. The standard InChI is InChI=1S/C11H13BrN2OS/c1-2-14-7-13-6-9(14)10(15)5-8-3-4-11(12)16-8/h3-4,6-7,10,15H,2,5H2,1H3. The van der Waals surface area contributed by atoms with Crippen LogP contribution in [0.4, 0.5) is 0 Å². The van der Waals surface area contributed by atoms with E-state index in [-0.39, 0.29) is 0 Å². The summed E-state index contributed by atoms with van der Waals surface area (Å²) in [6.07, 6.45) is 3.65. The van der Waals surface area contributed by atoms with Crippen molar-refractivity contribution in [3.8, 4) is 0 Å². The predicted molar refractivity (Wildman–Crippen MR) is 68.6 cm³/mol. The Bertz CT molecular complexity index is 466. The Labute approximate surface area is 107 Å². The van der Waals surface area contributed by atoms with Gasteiger partial charge in [-0.15, -0.1) is 11.3 Å². The second-order valence-corrected chi connectivity index (χ2v) is 6.08. The SMILES string of the molecule is CCn1cncc1C(O)Cc1ccc(Br)s1. The second kappa shape index (κ2) is 5.12. The number of hydrogen-bond acceptors (Lipinski definition) is 3. The van der Waals surface area contributed by atoms with Crippen LogP contribution in [0.15, 0.2) is 28.4 Å². The number of aliphatic hydroxyl groups is 1. The van der Waals surface area contributed by atoms with Gasteiger partial charge < -0.3 is 9.67 Å². The normalized spacial score (nSPS) is 12.9. The van der Waals surface area contributed by atoms with E-state index < -0.39 is 6.10 Å². The first-order valence-electron chi connectivity index (χ1n) is 5.13. The summed E-state index contributed by atoms with van der Waals surface area (Å²) in [5.41, 5.74) is 0.882. The Kier molecular flexibility index (Phi) is 3.78. The average molecular weight is 301 g/mol. The van der Waals surface area contributed by atoms with Gasteiger partial charge in [-0.3, -0.25) is 0 Å². The molecule has 0 saturated carbocycles. The van der Waals surface area contributed by atoms with Gasteiger partial charge in [0.2, 0.25) is 0 Å². The van der Waals surface area contributed by atoms with Crippen LogP contribution >= 0.6 is 27.3 Å². The van der Waals surface area contributed by atoms with Gasteiger partial charge >= 0.3 is 0 Å². The van der Waals surface area contributed by atoms with E-state index in [1.165, 1.54) is 4.88 Å². The highest BCUT2D eigenvalue weighted by Gasteiger charge is 2.13. The van der Waals surface area contributed by atoms with Crippen LogP contribution in [-0.2, 0) is 13.0 Å². The molecule has 2 rings (SSSR count). The van der Waals surface area contributed by atoms with Crippen LogP contribution in [-0.4, -0.2) is 14.7 Å². The third-order valence-corrected chi connectivity index (χ3v) is 4.10. The smallest absolute Gasteiger partial charge is 0.100 e. The van der Waals surface area contributed by atoms with Crippen molar-refractivity contribution in [1.82, 2.24) is 9.55 Å². The van der Waals surface area contributed by atoms with Crippen LogP contribution < -0.4 is 0 Å². The van der Waals surface area contributed by atoms with Crippen molar-refractivity contribution in [1.29, 1.82) is 0 Å². The summed E-state index contributed by atoms with van der Waals surface area (Å²) >= 11 is 5.07. The van der Waals surface area contributed by atoms with E-state index in [1.807, 2.05) is 23.6 Å². The topological polar surface area (TPSA) is 38.0 Å². The van der Waals surface area contributed by atoms with Crippen molar-refractivity contribution in [2.45, 2.75) is 26.0 Å². The van der Waals surface area contributed by atoms with Gasteiger partial charge in [-0.05, 0) is 35.0 Å². The lowest BCUT2D eigenvalue weighted by molar-refractivity contribution is 0.170. The van der Waals surface area contributed by atoms with E-state index in [0.29, 0.717) is 6.42 Å². The lowest BCUT2D eigenvalue weighted by atomic mass is 10.2. The van der Waals surface area contributed by atoms with Gasteiger partial charge in [0.1, 0.15) is 6.10 Å². The van der Waals surface area contributed by atoms with E-state index in [1.54, 1.807) is 23.9 Å². The van der Waals surface area contributed by atoms with Gasteiger partial charge in [0, 0.05) is 17.8 Å². The minimum atomic E-state index is -0.479. The van der Waals surface area contributed by atoms with Crippen molar-refractivity contribution in [3.05, 3.63) is 39.0 Å². The van der Waals surface area contributed by atoms with Crippen molar-refractivity contribution >= 4 is 27.3 Å². The lowest BCUT2D eigenvalue weighted by Crippen LogP contribution is -2.07. The third-order valence-electron chi connectivity index (χ3n) is 2.45. The highest BCUT2D eigenvalue weighted by molar-refractivity contribution is 9.11. The number of nitrogens with zero attached hydrogens (tertiary/aromatic N) is 2. The van der Waals surface area contributed by atoms with Crippen LogP contribution in [0.25, 0.3) is 0 Å². The fourth-order valence-electron chi connectivity index (χ4n) is 1.63. The first-order chi connectivity index (χ1) is 7.70. The lowest BCUT2D eigenvalue weighted by Gasteiger charge is -2.11. The molecule has 16 heavy (non-hydrogen) atoms. The van der Waals surface area contributed by atoms with E-state index in [4.69, 9.17) is 0 Å². The molecule has 3 nitrogen and oxygen atoms in total. The van der Waals surface area contributed by atoms with Gasteiger partial charge in [0.15, 0.2) is 0 Å². The van der Waals surface area contributed by atoms with Gasteiger partial charge in [-0.25, -0.2) is 4.98 Å². The number of rotatable bonds is 4. The number of aliphatic hydroxyl groups excluding tert-OH is 1. The van der Waals surface area contributed by atoms with Gasteiger partial charge in [-0.2, -0.15) is 0 Å². The van der Waals surface area contributed by atoms with Gasteiger partial charge in [-0.1, -0.05) is 0 Å². The Balaban J connectivity index is 2.11. The molecule has 2 aromatic heterocycles. The maximum absolute atomic E-state index is 10.1. The van der Waals surface area contributed by atoms with Crippen molar-refractivity contribution < 1.29 is 5.11 Å². The van der Waals surface area contributed by atoms with E-state index in [2.05, 4.69) is 20.9 Å². The first kappa shape index (κ1) is 11.8. The minimum absolute atomic E-state index is 0.479. The second-order valence-electron chi connectivity index (χ2n) is 3.53. The summed E-state index contributed by atoms with van der Waals surface area (Å²) in [6.45, 7) is 2.88. The fraction of sp³-hybridized carbons (Fsp3) is 0.364. The maximum atomic E-state index is 10.1. The summed E-state index contributed by atoms with van der Waals surface area (Å²) < 4.78 is 3.06. The van der Waals surface area contributed by atoms with E-state index in [0.717, 1.165) is 16.0 Å². The summed E-state index contributed by atoms with van der Waals surface area (Å²) in [6, 6.07) is 4.04. The molecule has 1 unspecified atom stereocenters. The van der Waals surface area contributed by atoms with Crippen molar-refractivity contribution in [2.24, 2.45) is 0 Å². The molecular weight excluding hydrogens is 288 g/mol. The molecule has 0 aliphatic rings. The molecule has 0 spiro atoms. The Morgan fingerprint density at radius 1 is 1.56 bits per heavy atom. The molecule has 0 aromatic carbocycles. The molecule has 0 fully saturated rings. The Hall–Kier alpha value is -0.650. The summed E-state index contributed by atoms with van der Waals surface area (Å²) in [4.78, 5) is 5.23. The van der Waals surface area contributed by atoms with Crippen molar-refractivity contribution in [3.63, 3.8) is 0 Å². The van der Waals surface area contributed by atoms with Crippen LogP contribution in [0.1, 0.15) is 23.6 Å². The highest BCUT2D eigenvalue weighted by Crippen LogP contribution is 2.26. The molecule has 0 radical (unpaired) electrons. The molecule has 2 heterocycles. The Morgan fingerprint density at radius 3 is 3.00 bits per heavy atom. The predicted octanol–water partition coefficient (Wildman–Crippen LogP) is 3.00. The molecule has 86 valence electrons. The quantitative estimate of drug-likeness (QED) is 0.942. The van der Waals surface area contributed by atoms with Crippen LogP contribution in [0.3, 0.4) is 0 Å². The maximum Gasteiger partial charge on any atom is 0.100 e. The van der Waals surface area contributed by atoms with Crippen molar-refractivity contribution in [2.75, 3.05) is 0 Å². The summed E-state index contributed by atoms with van der Waals surface area (Å²) in [7, 11) is 0. The molecule has 0 bridgehead atoms. The minimum Gasteiger partial charge on any atom is -0.386 e. The third kappa shape index (κ3) is 2.53. The van der Waals surface area contributed by atoms with Gasteiger partial charge in [0.05, 0.1) is 22.0 Å². The largest absolute Gasteiger partial charge is 0.386 e. The molecule has 1 atom stereocenters. The molecule has 1 N–H and O–H groups in total. The van der Waals surface area contributed by atoms with Crippen LogP contribution in [0, 0.1) is 0 Å². The number of thiophene rings is 1. The zero-order valence-corrected chi connectivity index (χ0v) is 11.3. The molecule has 5 heteroatoms. The zero-order chi connectivity index (χ0) is 11.5. The summed E-state index contributed by atoms with van der Waals surface area (Å²) in [5, 5.41) is 10.1. The van der Waals surface area contributed by atoms with Crippen LogP contribution in [0.2, 0.25) is 0 Å². The van der Waals surface area contributed by atoms with E-state index >= 15 is 0 Å². The number of imidazole rings is 1. The van der Waals surface area contributed by atoms with E-state index in [9.17, 15) is 5.11 Å². The average Bonchev–Trinajstić information content (AvgIpc) is 2.86. The number of aryl methyl sites for hydroxylation is 1. The first-order valence-corrected chi connectivity index (χ1v) is 6.74. The molecule has 0 amide bonds. The summed E-state index contributed by atoms with van der Waals surface area (Å²) in [5.74, 6) is 0. The molecule has 2 aromatic rings. The van der Waals surface area contributed by atoms with Gasteiger partial charge in [0.25, 0.3) is 0 Å². The monoisotopic (exact) mass is 300 g/mol. The molecule has 0 aliphatic carbocycles. The highest BCUT2D eigenvalue weighted by atomic mass is 79.9. The molecular formula is C11H13BrN2OS. The fourth-order valence-corrected chi connectivity index (χ4v) is 3.15. The zero-order valence-electron chi connectivity index (χ0n) is 8.93.